The fourth-order valence-electron chi connectivity index (χ4n) is 6.24. The molecule has 1 unspecified atom stereocenters. The van der Waals surface area contributed by atoms with Crippen molar-refractivity contribution in [3.8, 4) is 0 Å². The van der Waals surface area contributed by atoms with Gasteiger partial charge in [-0.05, 0) is 89.9 Å². The Morgan fingerprint density at radius 1 is 0.411 bits per heavy atom. The van der Waals surface area contributed by atoms with Crippen molar-refractivity contribution in [1.82, 2.24) is 0 Å². The van der Waals surface area contributed by atoms with Crippen LogP contribution in [0.3, 0.4) is 0 Å². The zero-order valence-electron chi connectivity index (χ0n) is 36.9. The first-order valence-electron chi connectivity index (χ1n) is 23.5. The third-order valence-corrected chi connectivity index (χ3v) is 9.73. The smallest absolute Gasteiger partial charge is 0.306 e. The molecular weight excluding hydrogens is 693 g/mol. The lowest BCUT2D eigenvalue weighted by atomic mass is 10.1. The highest BCUT2D eigenvalue weighted by Gasteiger charge is 2.17. The molecule has 0 aliphatic heterocycles. The van der Waals surface area contributed by atoms with E-state index < -0.39 is 6.10 Å². The van der Waals surface area contributed by atoms with E-state index in [2.05, 4.69) is 93.7 Å². The Bertz CT molecular complexity index is 1020. The molecule has 0 saturated carbocycles. The summed E-state index contributed by atoms with van der Waals surface area (Å²) >= 11 is 0. The number of carbonyl (C=O) groups excluding carboxylic acids is 2. The van der Waals surface area contributed by atoms with Crippen molar-refractivity contribution in [2.24, 2.45) is 0 Å². The van der Waals surface area contributed by atoms with Crippen LogP contribution in [0.2, 0.25) is 0 Å². The lowest BCUT2D eigenvalue weighted by Gasteiger charge is -2.18. The normalized spacial score (nSPS) is 12.8. The topological polar surface area (TPSA) is 61.8 Å². The first-order valence-corrected chi connectivity index (χ1v) is 23.5. The molecule has 0 amide bonds. The Kier molecular flexibility index (Phi) is 44.5. The highest BCUT2D eigenvalue weighted by atomic mass is 16.6. The zero-order chi connectivity index (χ0) is 40.7. The minimum Gasteiger partial charge on any atom is -0.462 e. The number of esters is 2. The second-order valence-corrected chi connectivity index (χ2v) is 15.3. The van der Waals surface area contributed by atoms with Gasteiger partial charge < -0.3 is 14.2 Å². The zero-order valence-corrected chi connectivity index (χ0v) is 36.9. The molecule has 0 radical (unpaired) electrons. The molecule has 1 atom stereocenters. The van der Waals surface area contributed by atoms with Crippen molar-refractivity contribution in [2.45, 2.75) is 219 Å². The van der Waals surface area contributed by atoms with Crippen LogP contribution in [-0.4, -0.2) is 37.9 Å². The van der Waals surface area contributed by atoms with Crippen molar-refractivity contribution >= 4 is 11.9 Å². The molecule has 322 valence electrons. The van der Waals surface area contributed by atoms with E-state index in [0.29, 0.717) is 19.4 Å². The van der Waals surface area contributed by atoms with E-state index in [1.807, 2.05) is 0 Å². The van der Waals surface area contributed by atoms with E-state index in [-0.39, 0.29) is 25.2 Å². The first kappa shape index (κ1) is 53.3. The van der Waals surface area contributed by atoms with E-state index in [9.17, 15) is 9.59 Å². The van der Waals surface area contributed by atoms with Gasteiger partial charge in [0.2, 0.25) is 0 Å². The average molecular weight is 781 g/mol. The highest BCUT2D eigenvalue weighted by Crippen LogP contribution is 2.12. The summed E-state index contributed by atoms with van der Waals surface area (Å²) < 4.78 is 17.2. The number of carbonyl (C=O) groups is 2. The van der Waals surface area contributed by atoms with Crippen LogP contribution in [0.1, 0.15) is 213 Å². The van der Waals surface area contributed by atoms with Crippen LogP contribution in [0.4, 0.5) is 0 Å². The number of hydrogen-bond donors (Lipinski definition) is 0. The largest absolute Gasteiger partial charge is 0.462 e. The monoisotopic (exact) mass is 781 g/mol. The summed E-state index contributed by atoms with van der Waals surface area (Å²) in [5.41, 5.74) is 0. The van der Waals surface area contributed by atoms with Crippen LogP contribution in [0, 0.1) is 0 Å². The predicted octanol–water partition coefficient (Wildman–Crippen LogP) is 15.6. The van der Waals surface area contributed by atoms with Gasteiger partial charge in [-0.1, -0.05) is 184 Å². The van der Waals surface area contributed by atoms with Crippen molar-refractivity contribution in [2.75, 3.05) is 19.8 Å². The van der Waals surface area contributed by atoms with E-state index in [4.69, 9.17) is 14.2 Å². The number of rotatable bonds is 42. The van der Waals surface area contributed by atoms with Gasteiger partial charge in [-0.3, -0.25) is 9.59 Å². The Morgan fingerprint density at radius 2 is 0.804 bits per heavy atom. The maximum Gasteiger partial charge on any atom is 0.306 e. The SMILES string of the molecule is CC/C=C\C/C=C\C/C=C\C/C=C\CCCCCCCCCOCC(COC(=O)CCCCCCC/C=C\C/C=C\CCCCC)OC(=O)CCCCCCC. The Morgan fingerprint density at radius 3 is 1.32 bits per heavy atom. The molecule has 0 saturated heterocycles. The number of unbranched alkanes of at least 4 members (excludes halogenated alkanes) is 19. The molecule has 0 heterocycles. The highest BCUT2D eigenvalue weighted by molar-refractivity contribution is 5.70. The third-order valence-electron chi connectivity index (χ3n) is 9.73. The molecule has 0 rings (SSSR count). The van der Waals surface area contributed by atoms with E-state index in [0.717, 1.165) is 89.9 Å². The molecule has 0 bridgehead atoms. The average Bonchev–Trinajstić information content (AvgIpc) is 3.20. The van der Waals surface area contributed by atoms with Crippen LogP contribution < -0.4 is 0 Å². The molecule has 0 N–H and O–H groups in total. The van der Waals surface area contributed by atoms with E-state index in [1.54, 1.807) is 0 Å². The van der Waals surface area contributed by atoms with Crippen molar-refractivity contribution in [1.29, 1.82) is 0 Å². The summed E-state index contributed by atoms with van der Waals surface area (Å²) in [6.07, 6.45) is 59.3. The van der Waals surface area contributed by atoms with Crippen LogP contribution in [0.5, 0.6) is 0 Å². The molecule has 0 fully saturated rings. The lowest BCUT2D eigenvalue weighted by molar-refractivity contribution is -0.163. The van der Waals surface area contributed by atoms with E-state index >= 15 is 0 Å². The number of hydrogen-bond acceptors (Lipinski definition) is 5. The Balaban J connectivity index is 4.09. The molecule has 0 spiro atoms. The first-order chi connectivity index (χ1) is 27.6. The van der Waals surface area contributed by atoms with Crippen LogP contribution >= 0.6 is 0 Å². The fourth-order valence-corrected chi connectivity index (χ4v) is 6.24. The molecule has 0 aromatic rings. The minimum absolute atomic E-state index is 0.0710. The van der Waals surface area contributed by atoms with Gasteiger partial charge in [0.1, 0.15) is 6.61 Å². The second kappa shape index (κ2) is 46.7. The second-order valence-electron chi connectivity index (χ2n) is 15.3. The fraction of sp³-hybridized carbons (Fsp3) is 0.725. The maximum atomic E-state index is 12.5. The van der Waals surface area contributed by atoms with Crippen molar-refractivity contribution in [3.05, 3.63) is 72.9 Å². The van der Waals surface area contributed by atoms with Gasteiger partial charge in [-0.2, -0.15) is 0 Å². The summed E-state index contributed by atoms with van der Waals surface area (Å²) in [5.74, 6) is -0.434. The third kappa shape index (κ3) is 44.1. The maximum absolute atomic E-state index is 12.5. The van der Waals surface area contributed by atoms with Gasteiger partial charge in [0, 0.05) is 19.4 Å². The summed E-state index contributed by atoms with van der Waals surface area (Å²) in [4.78, 5) is 25.0. The molecule has 0 aliphatic carbocycles. The van der Waals surface area contributed by atoms with Gasteiger partial charge >= 0.3 is 11.9 Å². The summed E-state index contributed by atoms with van der Waals surface area (Å²) in [6, 6.07) is 0. The number of ether oxygens (including phenoxy) is 3. The predicted molar refractivity (Wildman–Crippen MR) is 242 cm³/mol. The standard InChI is InChI=1S/C51H88O5/c1-4-7-10-13-15-17-19-21-23-24-25-26-27-29-31-33-35-37-40-43-46-54-47-49(56-51(53)45-42-38-12-9-6-3)48-55-50(52)44-41-39-36-34-32-30-28-22-20-18-16-14-11-8-5-2/h7,10,15-18,21-23,25-26,28,49H,4-6,8-9,11-14,19-20,24,27,29-48H2,1-3H3/b10-7-,17-15-,18-16-,23-21-,26-25-,28-22-. The molecule has 56 heavy (non-hydrogen) atoms. The summed E-state index contributed by atoms with van der Waals surface area (Å²) in [6.45, 7) is 7.57. The van der Waals surface area contributed by atoms with Gasteiger partial charge in [0.25, 0.3) is 0 Å². The molecular formula is C51H88O5. The molecule has 0 aliphatic rings. The van der Waals surface area contributed by atoms with Crippen molar-refractivity contribution < 1.29 is 23.8 Å². The lowest BCUT2D eigenvalue weighted by Crippen LogP contribution is -2.30. The summed E-state index contributed by atoms with van der Waals surface area (Å²) in [5, 5.41) is 0. The van der Waals surface area contributed by atoms with Gasteiger partial charge in [-0.25, -0.2) is 0 Å². The minimum atomic E-state index is -0.545. The van der Waals surface area contributed by atoms with Gasteiger partial charge in [-0.15, -0.1) is 0 Å². The molecule has 5 heteroatoms. The van der Waals surface area contributed by atoms with Crippen LogP contribution in [0.15, 0.2) is 72.9 Å². The Hall–Kier alpha value is -2.66. The quantitative estimate of drug-likeness (QED) is 0.0351. The Labute approximate surface area is 347 Å². The van der Waals surface area contributed by atoms with Gasteiger partial charge in [0.05, 0.1) is 6.61 Å². The van der Waals surface area contributed by atoms with Crippen LogP contribution in [0.25, 0.3) is 0 Å². The molecule has 0 aromatic heterocycles. The van der Waals surface area contributed by atoms with Gasteiger partial charge in [0.15, 0.2) is 6.10 Å². The van der Waals surface area contributed by atoms with Crippen molar-refractivity contribution in [3.63, 3.8) is 0 Å². The van der Waals surface area contributed by atoms with Crippen LogP contribution in [-0.2, 0) is 23.8 Å². The summed E-state index contributed by atoms with van der Waals surface area (Å²) in [7, 11) is 0. The number of allylic oxidation sites excluding steroid dienone is 12. The molecule has 0 aromatic carbocycles. The van der Waals surface area contributed by atoms with E-state index in [1.165, 1.54) is 89.9 Å². The molecule has 5 nitrogen and oxygen atoms in total.